The van der Waals surface area contributed by atoms with E-state index in [1.54, 1.807) is 7.11 Å². The van der Waals surface area contributed by atoms with Crippen molar-refractivity contribution in [3.63, 3.8) is 0 Å². The quantitative estimate of drug-likeness (QED) is 0.766. The van der Waals surface area contributed by atoms with Gasteiger partial charge in [-0.05, 0) is 43.9 Å². The molecule has 1 aromatic carbocycles. The maximum atomic E-state index is 12.0. The van der Waals surface area contributed by atoms with Crippen molar-refractivity contribution >= 4 is 11.7 Å². The fourth-order valence-electron chi connectivity index (χ4n) is 2.76. The van der Waals surface area contributed by atoms with Gasteiger partial charge < -0.3 is 15.4 Å². The van der Waals surface area contributed by atoms with Crippen molar-refractivity contribution in [3.05, 3.63) is 41.7 Å². The van der Waals surface area contributed by atoms with Gasteiger partial charge in [0.1, 0.15) is 5.75 Å². The Labute approximate surface area is 142 Å². The molecule has 2 amide bonds. The number of nitrogens with zero attached hydrogens (tertiary/aromatic N) is 2. The number of ether oxygens (including phenoxy) is 1. The molecule has 0 aliphatic heterocycles. The fraction of sp³-hybridized carbons (Fsp3) is 0.444. The lowest BCUT2D eigenvalue weighted by atomic mass is 10.2. The molecule has 24 heavy (non-hydrogen) atoms. The van der Waals surface area contributed by atoms with Gasteiger partial charge in [0.15, 0.2) is 0 Å². The third kappa shape index (κ3) is 4.07. The van der Waals surface area contributed by atoms with Gasteiger partial charge >= 0.3 is 6.03 Å². The second kappa shape index (κ2) is 7.38. The molecule has 6 heteroatoms. The zero-order chi connectivity index (χ0) is 16.9. The topological polar surface area (TPSA) is 68.2 Å². The number of hydrogen-bond donors (Lipinski definition) is 2. The van der Waals surface area contributed by atoms with Gasteiger partial charge in [0.25, 0.3) is 0 Å². The molecular weight excluding hydrogens is 304 g/mol. The summed E-state index contributed by atoms with van der Waals surface area (Å²) in [6.45, 7) is 3.41. The number of amides is 2. The van der Waals surface area contributed by atoms with Gasteiger partial charge in [-0.3, -0.25) is 4.68 Å². The number of nitrogens with one attached hydrogen (secondary N) is 2. The summed E-state index contributed by atoms with van der Waals surface area (Å²) in [5.74, 6) is 1.46. The van der Waals surface area contributed by atoms with Crippen LogP contribution < -0.4 is 15.4 Å². The molecule has 0 saturated heterocycles. The Bertz CT molecular complexity index is 707. The van der Waals surface area contributed by atoms with Crippen LogP contribution in [-0.4, -0.2) is 29.5 Å². The van der Waals surface area contributed by atoms with E-state index < -0.39 is 0 Å². The highest BCUT2D eigenvalue weighted by Crippen LogP contribution is 2.39. The van der Waals surface area contributed by atoms with E-state index in [0.29, 0.717) is 12.5 Å². The zero-order valence-corrected chi connectivity index (χ0v) is 14.2. The van der Waals surface area contributed by atoms with E-state index in [0.717, 1.165) is 30.0 Å². The molecule has 3 rings (SSSR count). The zero-order valence-electron chi connectivity index (χ0n) is 14.2. The molecule has 1 saturated carbocycles. The first-order valence-electron chi connectivity index (χ1n) is 8.38. The van der Waals surface area contributed by atoms with Crippen molar-refractivity contribution in [2.75, 3.05) is 19.0 Å². The van der Waals surface area contributed by atoms with Crippen LogP contribution in [0.5, 0.6) is 5.75 Å². The number of urea groups is 1. The molecule has 0 atom stereocenters. The van der Waals surface area contributed by atoms with E-state index in [9.17, 15) is 4.79 Å². The molecule has 6 nitrogen and oxygen atoms in total. The van der Waals surface area contributed by atoms with Crippen LogP contribution in [0.25, 0.3) is 0 Å². The van der Waals surface area contributed by atoms with Crippen LogP contribution >= 0.6 is 0 Å². The number of carbonyl (C=O) groups excluding carboxylic acids is 1. The van der Waals surface area contributed by atoms with Crippen LogP contribution in [0.3, 0.4) is 0 Å². The fourth-order valence-corrected chi connectivity index (χ4v) is 2.76. The lowest BCUT2D eigenvalue weighted by Gasteiger charge is -2.11. The van der Waals surface area contributed by atoms with Crippen molar-refractivity contribution in [1.29, 1.82) is 0 Å². The Kier molecular flexibility index (Phi) is 5.03. The second-order valence-electron chi connectivity index (χ2n) is 6.17. The van der Waals surface area contributed by atoms with Crippen LogP contribution in [0.15, 0.2) is 30.5 Å². The van der Waals surface area contributed by atoms with E-state index in [2.05, 4.69) is 26.5 Å². The lowest BCUT2D eigenvalue weighted by molar-refractivity contribution is 0.251. The van der Waals surface area contributed by atoms with Crippen LogP contribution in [0, 0.1) is 6.92 Å². The third-order valence-electron chi connectivity index (χ3n) is 4.24. The first-order valence-corrected chi connectivity index (χ1v) is 8.38. The van der Waals surface area contributed by atoms with Crippen molar-refractivity contribution in [3.8, 4) is 5.75 Å². The molecule has 1 fully saturated rings. The summed E-state index contributed by atoms with van der Waals surface area (Å²) in [5, 5.41) is 10.1. The summed E-state index contributed by atoms with van der Waals surface area (Å²) < 4.78 is 7.32. The molecule has 0 radical (unpaired) electrons. The van der Waals surface area contributed by atoms with Gasteiger partial charge in [0.2, 0.25) is 0 Å². The van der Waals surface area contributed by atoms with Gasteiger partial charge in [-0.25, -0.2) is 4.79 Å². The first kappa shape index (κ1) is 16.4. The molecule has 128 valence electrons. The molecule has 2 N–H and O–H groups in total. The Balaban J connectivity index is 1.41. The smallest absolute Gasteiger partial charge is 0.319 e. The Hall–Kier alpha value is -2.50. The largest absolute Gasteiger partial charge is 0.496 e. The Morgan fingerprint density at radius 2 is 2.21 bits per heavy atom. The van der Waals surface area contributed by atoms with Crippen molar-refractivity contribution < 1.29 is 9.53 Å². The Morgan fingerprint density at radius 1 is 1.38 bits per heavy atom. The number of methoxy groups -OCH3 is 1. The molecule has 1 heterocycles. The highest BCUT2D eigenvalue weighted by atomic mass is 16.5. The van der Waals surface area contributed by atoms with E-state index in [4.69, 9.17) is 4.74 Å². The average Bonchev–Trinajstić information content (AvgIpc) is 3.32. The molecule has 1 aromatic heterocycles. The molecule has 2 aromatic rings. The number of hydrogen-bond acceptors (Lipinski definition) is 3. The van der Waals surface area contributed by atoms with Crippen LogP contribution in [0.2, 0.25) is 0 Å². The molecule has 0 spiro atoms. The van der Waals surface area contributed by atoms with Gasteiger partial charge in [-0.2, -0.15) is 5.10 Å². The van der Waals surface area contributed by atoms with Crippen LogP contribution in [0.4, 0.5) is 10.5 Å². The van der Waals surface area contributed by atoms with Gasteiger partial charge in [-0.15, -0.1) is 0 Å². The number of carbonyl (C=O) groups is 1. The number of benzene rings is 1. The molecule has 0 unspecified atom stereocenters. The van der Waals surface area contributed by atoms with Gasteiger partial charge in [0, 0.05) is 42.7 Å². The van der Waals surface area contributed by atoms with Crippen LogP contribution in [-0.2, 0) is 6.54 Å². The molecular formula is C18H24N4O2. The summed E-state index contributed by atoms with van der Waals surface area (Å²) in [4.78, 5) is 12.0. The van der Waals surface area contributed by atoms with Crippen molar-refractivity contribution in [2.45, 2.75) is 38.6 Å². The first-order chi connectivity index (χ1) is 11.7. The SMILES string of the molecule is COc1cc(NC(=O)NCCCn2nccc2C2CC2)ccc1C. The normalized spacial score (nSPS) is 13.6. The van der Waals surface area contributed by atoms with E-state index in [1.807, 2.05) is 31.3 Å². The number of anilines is 1. The Morgan fingerprint density at radius 3 is 2.96 bits per heavy atom. The number of rotatable bonds is 7. The third-order valence-corrected chi connectivity index (χ3v) is 4.24. The average molecular weight is 328 g/mol. The van der Waals surface area contributed by atoms with Gasteiger partial charge in [0.05, 0.1) is 7.11 Å². The minimum atomic E-state index is -0.205. The summed E-state index contributed by atoms with van der Waals surface area (Å²) in [7, 11) is 1.62. The molecule has 1 aliphatic carbocycles. The predicted molar refractivity (Wildman–Crippen MR) is 93.6 cm³/mol. The summed E-state index contributed by atoms with van der Waals surface area (Å²) >= 11 is 0. The number of aryl methyl sites for hydroxylation is 2. The summed E-state index contributed by atoms with van der Waals surface area (Å²) in [6, 6.07) is 7.50. The minimum Gasteiger partial charge on any atom is -0.496 e. The lowest BCUT2D eigenvalue weighted by Crippen LogP contribution is -2.30. The maximum Gasteiger partial charge on any atom is 0.319 e. The standard InChI is InChI=1S/C18H24N4O2/c1-13-4-7-15(12-17(13)24-2)21-18(23)19-9-3-11-22-16(8-10-20-22)14-5-6-14/h4,7-8,10,12,14H,3,5-6,9,11H2,1-2H3,(H2,19,21,23). The monoisotopic (exact) mass is 328 g/mol. The van der Waals surface area contributed by atoms with Crippen molar-refractivity contribution in [2.24, 2.45) is 0 Å². The van der Waals surface area contributed by atoms with E-state index >= 15 is 0 Å². The second-order valence-corrected chi connectivity index (χ2v) is 6.17. The molecule has 1 aliphatic rings. The van der Waals surface area contributed by atoms with Crippen LogP contribution in [0.1, 0.15) is 36.4 Å². The maximum absolute atomic E-state index is 12.0. The highest BCUT2D eigenvalue weighted by molar-refractivity contribution is 5.89. The highest BCUT2D eigenvalue weighted by Gasteiger charge is 2.26. The van der Waals surface area contributed by atoms with E-state index in [-0.39, 0.29) is 6.03 Å². The predicted octanol–water partition coefficient (Wildman–Crippen LogP) is 3.29. The summed E-state index contributed by atoms with van der Waals surface area (Å²) in [5.41, 5.74) is 3.08. The minimum absolute atomic E-state index is 0.205. The van der Waals surface area contributed by atoms with E-state index in [1.165, 1.54) is 18.5 Å². The van der Waals surface area contributed by atoms with Gasteiger partial charge in [-0.1, -0.05) is 6.07 Å². The summed E-state index contributed by atoms with van der Waals surface area (Å²) in [6.07, 6.45) is 5.25. The number of aromatic nitrogens is 2. The van der Waals surface area contributed by atoms with Crippen molar-refractivity contribution in [1.82, 2.24) is 15.1 Å². The molecule has 0 bridgehead atoms.